The summed E-state index contributed by atoms with van der Waals surface area (Å²) in [5.41, 5.74) is 3.24. The summed E-state index contributed by atoms with van der Waals surface area (Å²) in [5, 5.41) is 4.42. The zero-order chi connectivity index (χ0) is 21.7. The monoisotopic (exact) mass is 449 g/mol. The van der Waals surface area contributed by atoms with E-state index < -0.39 is 22.0 Å². The number of hydrogen-bond acceptors (Lipinski definition) is 5. The molecule has 0 spiro atoms. The van der Waals surface area contributed by atoms with E-state index >= 15 is 0 Å². The molecule has 0 aliphatic carbocycles. The Bertz CT molecular complexity index is 1010. The van der Waals surface area contributed by atoms with Crippen LogP contribution in [0.4, 0.5) is 0 Å². The van der Waals surface area contributed by atoms with E-state index in [1.807, 2.05) is 38.1 Å². The first-order valence-corrected chi connectivity index (χ1v) is 11.5. The lowest BCUT2D eigenvalue weighted by Gasteiger charge is -2.22. The molecule has 2 aromatic carbocycles. The molecule has 0 bridgehead atoms. The fraction of sp³-hybridized carbons (Fsp3) is 0.333. The van der Waals surface area contributed by atoms with E-state index in [0.29, 0.717) is 17.9 Å². The molecular weight excluding hydrogens is 426 g/mol. The van der Waals surface area contributed by atoms with E-state index in [4.69, 9.17) is 16.3 Å². The van der Waals surface area contributed by atoms with Gasteiger partial charge in [0.15, 0.2) is 0 Å². The topological polar surface area (TPSA) is 88.1 Å². The lowest BCUT2D eigenvalue weighted by molar-refractivity contribution is -0.124. The average Bonchev–Trinajstić information content (AvgIpc) is 3.20. The molecule has 0 radical (unpaired) electrons. The summed E-state index contributed by atoms with van der Waals surface area (Å²) in [7, 11) is -3.79. The van der Waals surface area contributed by atoms with Crippen molar-refractivity contribution in [1.82, 2.24) is 9.73 Å². The van der Waals surface area contributed by atoms with Crippen molar-refractivity contribution in [2.45, 2.75) is 43.7 Å². The van der Waals surface area contributed by atoms with E-state index in [-0.39, 0.29) is 17.5 Å². The van der Waals surface area contributed by atoms with Crippen LogP contribution in [0.3, 0.4) is 0 Å². The van der Waals surface area contributed by atoms with Crippen LogP contribution in [0.15, 0.2) is 58.5 Å². The summed E-state index contributed by atoms with van der Waals surface area (Å²) in [6.07, 6.45) is 2.63. The molecule has 2 aromatic rings. The lowest BCUT2D eigenvalue weighted by atomic mass is 10.2. The first-order valence-electron chi connectivity index (χ1n) is 9.64. The molecule has 0 saturated carbocycles. The molecule has 0 unspecified atom stereocenters. The molecule has 0 aromatic heterocycles. The Hall–Kier alpha value is -2.42. The van der Waals surface area contributed by atoms with Crippen LogP contribution in [-0.4, -0.2) is 43.5 Å². The standard InChI is InChI=1S/C21H24ClN3O4S/c1-15(2)29-18-9-5-16(6-10-18)14-23-24-21(26)20-4-3-13-25(20)30(27,28)19-11-7-17(22)8-12-19/h5-12,14-15,20H,3-4,13H2,1-2H3,(H,24,26)/b23-14-/t20-/m1/s1. The molecular formula is C21H24ClN3O4S. The maximum absolute atomic E-state index is 12.9. The quantitative estimate of drug-likeness (QED) is 0.518. The van der Waals surface area contributed by atoms with Crippen LogP contribution >= 0.6 is 11.6 Å². The van der Waals surface area contributed by atoms with Gasteiger partial charge in [0.25, 0.3) is 5.91 Å². The predicted octanol–water partition coefficient (Wildman–Crippen LogP) is 3.43. The highest BCUT2D eigenvalue weighted by atomic mass is 35.5. The van der Waals surface area contributed by atoms with Gasteiger partial charge in [0, 0.05) is 11.6 Å². The molecule has 7 nitrogen and oxygen atoms in total. The number of hydrogen-bond donors (Lipinski definition) is 1. The first kappa shape index (κ1) is 22.3. The molecule has 160 valence electrons. The Kier molecular flexibility index (Phi) is 7.12. The van der Waals surface area contributed by atoms with Gasteiger partial charge in [-0.25, -0.2) is 13.8 Å². The minimum Gasteiger partial charge on any atom is -0.491 e. The fourth-order valence-corrected chi connectivity index (χ4v) is 4.96. The summed E-state index contributed by atoms with van der Waals surface area (Å²) < 4.78 is 32.6. The highest BCUT2D eigenvalue weighted by Gasteiger charge is 2.39. The number of hydrazone groups is 1. The number of rotatable bonds is 7. The summed E-state index contributed by atoms with van der Waals surface area (Å²) in [6, 6.07) is 12.4. The minimum absolute atomic E-state index is 0.0855. The predicted molar refractivity (Wildman–Crippen MR) is 116 cm³/mol. The zero-order valence-electron chi connectivity index (χ0n) is 16.8. The van der Waals surface area contributed by atoms with E-state index in [2.05, 4.69) is 10.5 Å². The number of amides is 1. The van der Waals surface area contributed by atoms with E-state index in [1.165, 1.54) is 34.8 Å². The van der Waals surface area contributed by atoms with Crippen LogP contribution in [0.5, 0.6) is 5.75 Å². The van der Waals surface area contributed by atoms with Crippen LogP contribution in [0.25, 0.3) is 0 Å². The number of carbonyl (C=O) groups is 1. The third kappa shape index (κ3) is 5.38. The van der Waals surface area contributed by atoms with Gasteiger partial charge in [-0.15, -0.1) is 0 Å². The SMILES string of the molecule is CC(C)Oc1ccc(/C=N\NC(=O)[C@H]2CCCN2S(=O)(=O)c2ccc(Cl)cc2)cc1. The second-order valence-corrected chi connectivity index (χ2v) is 9.52. The smallest absolute Gasteiger partial charge is 0.258 e. The minimum atomic E-state index is -3.79. The normalized spacial score (nSPS) is 17.5. The Morgan fingerprint density at radius 3 is 2.50 bits per heavy atom. The fourth-order valence-electron chi connectivity index (χ4n) is 3.18. The third-order valence-corrected chi connectivity index (χ3v) is 6.74. The first-order chi connectivity index (χ1) is 14.3. The van der Waals surface area contributed by atoms with E-state index in [1.54, 1.807) is 0 Å². The van der Waals surface area contributed by atoms with Gasteiger partial charge < -0.3 is 4.74 Å². The Balaban J connectivity index is 1.64. The van der Waals surface area contributed by atoms with Crippen molar-refractivity contribution in [2.24, 2.45) is 5.10 Å². The van der Waals surface area contributed by atoms with E-state index in [0.717, 1.165) is 11.3 Å². The van der Waals surface area contributed by atoms with Gasteiger partial charge in [-0.05, 0) is 80.8 Å². The molecule has 1 aliphatic heterocycles. The number of halogens is 1. The average molecular weight is 450 g/mol. The van der Waals surface area contributed by atoms with Gasteiger partial charge >= 0.3 is 0 Å². The second kappa shape index (κ2) is 9.59. The van der Waals surface area contributed by atoms with Crippen molar-refractivity contribution in [2.75, 3.05) is 6.54 Å². The third-order valence-electron chi connectivity index (χ3n) is 4.57. The highest BCUT2D eigenvalue weighted by Crippen LogP contribution is 2.27. The Morgan fingerprint density at radius 2 is 1.87 bits per heavy atom. The summed E-state index contributed by atoms with van der Waals surface area (Å²) in [6.45, 7) is 4.18. The van der Waals surface area contributed by atoms with Crippen molar-refractivity contribution in [3.05, 3.63) is 59.1 Å². The van der Waals surface area contributed by atoms with Gasteiger partial charge in [-0.1, -0.05) is 11.6 Å². The molecule has 1 amide bonds. The Morgan fingerprint density at radius 1 is 1.20 bits per heavy atom. The van der Waals surface area contributed by atoms with Crippen molar-refractivity contribution in [3.63, 3.8) is 0 Å². The number of carbonyl (C=O) groups excluding carboxylic acids is 1. The number of nitrogens with one attached hydrogen (secondary N) is 1. The molecule has 1 N–H and O–H groups in total. The molecule has 1 heterocycles. The van der Waals surface area contributed by atoms with E-state index in [9.17, 15) is 13.2 Å². The number of benzene rings is 2. The highest BCUT2D eigenvalue weighted by molar-refractivity contribution is 7.89. The summed E-state index contributed by atoms with van der Waals surface area (Å²) in [4.78, 5) is 12.7. The molecule has 3 rings (SSSR count). The van der Waals surface area contributed by atoms with Crippen molar-refractivity contribution < 1.29 is 17.9 Å². The zero-order valence-corrected chi connectivity index (χ0v) is 18.4. The van der Waals surface area contributed by atoms with Gasteiger partial charge in [0.2, 0.25) is 10.0 Å². The van der Waals surface area contributed by atoms with Crippen molar-refractivity contribution in [3.8, 4) is 5.75 Å². The van der Waals surface area contributed by atoms with Gasteiger partial charge in [0.1, 0.15) is 11.8 Å². The molecule has 1 saturated heterocycles. The number of sulfonamides is 1. The van der Waals surface area contributed by atoms with Crippen LogP contribution in [0, 0.1) is 0 Å². The number of nitrogens with zero attached hydrogens (tertiary/aromatic N) is 2. The molecule has 1 atom stereocenters. The Labute approximate surface area is 181 Å². The van der Waals surface area contributed by atoms with Crippen molar-refractivity contribution in [1.29, 1.82) is 0 Å². The van der Waals surface area contributed by atoms with Crippen LogP contribution in [-0.2, 0) is 14.8 Å². The molecule has 9 heteroatoms. The molecule has 30 heavy (non-hydrogen) atoms. The van der Waals surface area contributed by atoms with Crippen LogP contribution in [0.1, 0.15) is 32.3 Å². The maximum atomic E-state index is 12.9. The molecule has 1 fully saturated rings. The van der Waals surface area contributed by atoms with Gasteiger partial charge in [-0.3, -0.25) is 4.79 Å². The van der Waals surface area contributed by atoms with Gasteiger partial charge in [0.05, 0.1) is 17.2 Å². The second-order valence-electron chi connectivity index (χ2n) is 7.20. The lowest BCUT2D eigenvalue weighted by Crippen LogP contribution is -2.44. The van der Waals surface area contributed by atoms with Crippen molar-refractivity contribution >= 4 is 33.7 Å². The van der Waals surface area contributed by atoms with Crippen LogP contribution in [0.2, 0.25) is 5.02 Å². The van der Waals surface area contributed by atoms with Gasteiger partial charge in [-0.2, -0.15) is 9.41 Å². The number of ether oxygens (including phenoxy) is 1. The molecule has 1 aliphatic rings. The maximum Gasteiger partial charge on any atom is 0.258 e. The summed E-state index contributed by atoms with van der Waals surface area (Å²) >= 11 is 5.84. The summed E-state index contributed by atoms with van der Waals surface area (Å²) in [5.74, 6) is 0.293. The largest absolute Gasteiger partial charge is 0.491 e. The van der Waals surface area contributed by atoms with Crippen LogP contribution < -0.4 is 10.2 Å².